The van der Waals surface area contributed by atoms with E-state index in [4.69, 9.17) is 4.42 Å². The standard InChI is InChI=1S/C15H10O3S/c1-9(16)13-5-6-14(19-13)11-2-4-12-10(8-11)3-7-15(17)18-12/h2-8H,1H3. The maximum atomic E-state index is 11.3. The number of Topliss-reactive ketones (excluding diaryl/α,β-unsaturated/α-hetero) is 1. The first-order chi connectivity index (χ1) is 9.13. The lowest BCUT2D eigenvalue weighted by atomic mass is 10.1. The van der Waals surface area contributed by atoms with Gasteiger partial charge in [-0.15, -0.1) is 11.3 Å². The van der Waals surface area contributed by atoms with E-state index in [0.717, 1.165) is 20.7 Å². The zero-order chi connectivity index (χ0) is 13.4. The van der Waals surface area contributed by atoms with Gasteiger partial charge in [-0.05, 0) is 48.9 Å². The smallest absolute Gasteiger partial charge is 0.336 e. The van der Waals surface area contributed by atoms with Crippen LogP contribution in [0.2, 0.25) is 0 Å². The number of hydrogen-bond donors (Lipinski definition) is 0. The first-order valence-electron chi connectivity index (χ1n) is 5.78. The highest BCUT2D eigenvalue weighted by atomic mass is 32.1. The van der Waals surface area contributed by atoms with Crippen LogP contribution < -0.4 is 5.63 Å². The van der Waals surface area contributed by atoms with Crippen LogP contribution in [0.1, 0.15) is 16.6 Å². The summed E-state index contributed by atoms with van der Waals surface area (Å²) in [6.07, 6.45) is 0. The Kier molecular flexibility index (Phi) is 2.80. The van der Waals surface area contributed by atoms with Crippen molar-refractivity contribution in [3.8, 4) is 10.4 Å². The largest absolute Gasteiger partial charge is 0.423 e. The van der Waals surface area contributed by atoms with Crippen LogP contribution in [0.15, 0.2) is 51.7 Å². The number of carbonyl (C=O) groups excluding carboxylic acids is 1. The lowest BCUT2D eigenvalue weighted by molar-refractivity contribution is 0.102. The summed E-state index contributed by atoms with van der Waals surface area (Å²) in [5.41, 5.74) is 1.23. The molecule has 2 heterocycles. The van der Waals surface area contributed by atoms with Crippen LogP contribution in [-0.4, -0.2) is 5.78 Å². The SMILES string of the molecule is CC(=O)c1ccc(-c2ccc3oc(=O)ccc3c2)s1. The summed E-state index contributed by atoms with van der Waals surface area (Å²) in [6, 6.07) is 12.5. The lowest BCUT2D eigenvalue weighted by Crippen LogP contribution is -1.93. The fraction of sp³-hybridized carbons (Fsp3) is 0.0667. The summed E-state index contributed by atoms with van der Waals surface area (Å²) in [7, 11) is 0. The van der Waals surface area contributed by atoms with Gasteiger partial charge in [0, 0.05) is 16.3 Å². The molecule has 0 N–H and O–H groups in total. The van der Waals surface area contributed by atoms with Gasteiger partial charge in [0.1, 0.15) is 5.58 Å². The second-order valence-corrected chi connectivity index (χ2v) is 5.31. The molecule has 3 aromatic rings. The van der Waals surface area contributed by atoms with Gasteiger partial charge in [0.15, 0.2) is 5.78 Å². The summed E-state index contributed by atoms with van der Waals surface area (Å²) in [5, 5.41) is 0.870. The summed E-state index contributed by atoms with van der Waals surface area (Å²) >= 11 is 1.46. The van der Waals surface area contributed by atoms with Gasteiger partial charge in [0.05, 0.1) is 4.88 Å². The summed E-state index contributed by atoms with van der Waals surface area (Å²) in [5.74, 6) is 0.0723. The minimum Gasteiger partial charge on any atom is -0.423 e. The molecule has 0 radical (unpaired) electrons. The first-order valence-corrected chi connectivity index (χ1v) is 6.60. The lowest BCUT2D eigenvalue weighted by Gasteiger charge is -2.00. The zero-order valence-corrected chi connectivity index (χ0v) is 11.0. The van der Waals surface area contributed by atoms with Gasteiger partial charge in [0.2, 0.25) is 0 Å². The minimum atomic E-state index is -0.352. The highest BCUT2D eigenvalue weighted by Crippen LogP contribution is 2.30. The van der Waals surface area contributed by atoms with Crippen molar-refractivity contribution in [3.05, 3.63) is 57.8 Å². The molecule has 19 heavy (non-hydrogen) atoms. The Morgan fingerprint density at radius 3 is 2.68 bits per heavy atom. The van der Waals surface area contributed by atoms with Gasteiger partial charge in [-0.25, -0.2) is 4.79 Å². The maximum absolute atomic E-state index is 11.3. The van der Waals surface area contributed by atoms with Gasteiger partial charge in [-0.1, -0.05) is 0 Å². The second kappa shape index (κ2) is 4.48. The highest BCUT2D eigenvalue weighted by molar-refractivity contribution is 7.17. The summed E-state index contributed by atoms with van der Waals surface area (Å²) in [4.78, 5) is 24.2. The van der Waals surface area contributed by atoms with Crippen molar-refractivity contribution < 1.29 is 9.21 Å². The number of ketones is 1. The van der Waals surface area contributed by atoms with Crippen molar-refractivity contribution in [3.63, 3.8) is 0 Å². The molecule has 0 fully saturated rings. The van der Waals surface area contributed by atoms with Crippen molar-refractivity contribution in [2.75, 3.05) is 0 Å². The molecule has 0 aliphatic heterocycles. The van der Waals surface area contributed by atoms with Crippen LogP contribution in [0.3, 0.4) is 0 Å². The molecule has 0 saturated carbocycles. The molecule has 0 aliphatic rings. The van der Waals surface area contributed by atoms with E-state index in [2.05, 4.69) is 0 Å². The summed E-state index contributed by atoms with van der Waals surface area (Å²) in [6.45, 7) is 1.56. The molecular formula is C15H10O3S. The predicted octanol–water partition coefficient (Wildman–Crippen LogP) is 3.72. The van der Waals surface area contributed by atoms with E-state index in [9.17, 15) is 9.59 Å². The Morgan fingerprint density at radius 2 is 1.95 bits per heavy atom. The van der Waals surface area contributed by atoms with Gasteiger partial charge >= 0.3 is 5.63 Å². The van der Waals surface area contributed by atoms with Crippen LogP contribution >= 0.6 is 11.3 Å². The molecule has 1 aromatic carbocycles. The van der Waals surface area contributed by atoms with Crippen LogP contribution in [0.4, 0.5) is 0 Å². The van der Waals surface area contributed by atoms with Crippen molar-refractivity contribution in [1.82, 2.24) is 0 Å². The number of hydrogen-bond acceptors (Lipinski definition) is 4. The topological polar surface area (TPSA) is 47.3 Å². The number of fused-ring (bicyclic) bond motifs is 1. The normalized spacial score (nSPS) is 10.8. The van der Waals surface area contributed by atoms with Crippen molar-refractivity contribution in [2.24, 2.45) is 0 Å². The molecule has 4 heteroatoms. The van der Waals surface area contributed by atoms with Crippen LogP contribution in [-0.2, 0) is 0 Å². The van der Waals surface area contributed by atoms with Gasteiger partial charge in [0.25, 0.3) is 0 Å². The fourth-order valence-corrected chi connectivity index (χ4v) is 2.81. The third kappa shape index (κ3) is 2.22. The Hall–Kier alpha value is -2.20. The molecule has 3 rings (SSSR count). The molecule has 0 unspecified atom stereocenters. The molecule has 0 bridgehead atoms. The average molecular weight is 270 g/mol. The molecule has 0 aliphatic carbocycles. The van der Waals surface area contributed by atoms with Crippen molar-refractivity contribution >= 4 is 28.1 Å². The van der Waals surface area contributed by atoms with E-state index >= 15 is 0 Å². The molecule has 94 valence electrons. The molecular weight excluding hydrogens is 260 g/mol. The van der Waals surface area contributed by atoms with E-state index in [1.54, 1.807) is 19.1 Å². The van der Waals surface area contributed by atoms with Crippen LogP contribution in [0.5, 0.6) is 0 Å². The Bertz CT molecular complexity index is 827. The highest BCUT2D eigenvalue weighted by Gasteiger charge is 2.07. The third-order valence-electron chi connectivity index (χ3n) is 2.86. The molecule has 0 atom stereocenters. The molecule has 0 saturated heterocycles. The number of thiophene rings is 1. The van der Waals surface area contributed by atoms with Gasteiger partial charge in [-0.3, -0.25) is 4.79 Å². The predicted molar refractivity (Wildman–Crippen MR) is 75.8 cm³/mol. The summed E-state index contributed by atoms with van der Waals surface area (Å²) < 4.78 is 5.09. The fourth-order valence-electron chi connectivity index (χ4n) is 1.91. The minimum absolute atomic E-state index is 0.0723. The zero-order valence-electron chi connectivity index (χ0n) is 10.2. The van der Waals surface area contributed by atoms with E-state index in [0.29, 0.717) is 5.58 Å². The van der Waals surface area contributed by atoms with Crippen LogP contribution in [0, 0.1) is 0 Å². The Labute approximate surface area is 113 Å². The molecule has 2 aromatic heterocycles. The Balaban J connectivity index is 2.11. The second-order valence-electron chi connectivity index (χ2n) is 4.23. The number of rotatable bonds is 2. The average Bonchev–Trinajstić information content (AvgIpc) is 2.88. The van der Waals surface area contributed by atoms with Gasteiger partial charge in [-0.2, -0.15) is 0 Å². The molecule has 3 nitrogen and oxygen atoms in total. The van der Waals surface area contributed by atoms with Crippen molar-refractivity contribution in [2.45, 2.75) is 6.92 Å². The van der Waals surface area contributed by atoms with Crippen molar-refractivity contribution in [1.29, 1.82) is 0 Å². The number of benzene rings is 1. The monoisotopic (exact) mass is 270 g/mol. The maximum Gasteiger partial charge on any atom is 0.336 e. The quantitative estimate of drug-likeness (QED) is 0.526. The van der Waals surface area contributed by atoms with Gasteiger partial charge < -0.3 is 4.42 Å². The van der Waals surface area contributed by atoms with E-state index in [-0.39, 0.29) is 11.4 Å². The Morgan fingerprint density at radius 1 is 1.11 bits per heavy atom. The molecule has 0 amide bonds. The molecule has 0 spiro atoms. The first kappa shape index (κ1) is 11.9. The van der Waals surface area contributed by atoms with E-state index in [1.165, 1.54) is 17.4 Å². The van der Waals surface area contributed by atoms with Crippen LogP contribution in [0.25, 0.3) is 21.4 Å². The third-order valence-corrected chi connectivity index (χ3v) is 4.09. The number of carbonyl (C=O) groups is 1. The van der Waals surface area contributed by atoms with E-state index < -0.39 is 0 Å². The van der Waals surface area contributed by atoms with E-state index in [1.807, 2.05) is 24.3 Å².